The van der Waals surface area contributed by atoms with Crippen molar-refractivity contribution in [2.75, 3.05) is 0 Å². The molecule has 140 valence electrons. The molecule has 2 aliphatic carbocycles. The third-order valence-electron chi connectivity index (χ3n) is 6.73. The van der Waals surface area contributed by atoms with Gasteiger partial charge in [-0.3, -0.25) is 9.78 Å². The Morgan fingerprint density at radius 3 is 2.68 bits per heavy atom. The SMILES string of the molecule is C[C@@H]1C(=O)CC[C@]2(c3ccccc3)c3nc(-c4cccnc4)ncc3CC[C@@H]12. The molecule has 2 heterocycles. The average molecular weight is 369 g/mol. The van der Waals surface area contributed by atoms with E-state index in [1.165, 1.54) is 11.1 Å². The van der Waals surface area contributed by atoms with Crippen LogP contribution in [0.2, 0.25) is 0 Å². The second kappa shape index (κ2) is 6.62. The maximum atomic E-state index is 12.6. The molecule has 1 saturated carbocycles. The van der Waals surface area contributed by atoms with Crippen LogP contribution < -0.4 is 0 Å². The fourth-order valence-corrected chi connectivity index (χ4v) is 5.33. The molecule has 1 aromatic carbocycles. The van der Waals surface area contributed by atoms with Gasteiger partial charge in [-0.25, -0.2) is 9.97 Å². The van der Waals surface area contributed by atoms with Gasteiger partial charge in [-0.1, -0.05) is 37.3 Å². The first-order valence-electron chi connectivity index (χ1n) is 10.0. The van der Waals surface area contributed by atoms with Gasteiger partial charge in [0.25, 0.3) is 0 Å². The smallest absolute Gasteiger partial charge is 0.160 e. The van der Waals surface area contributed by atoms with Gasteiger partial charge in [0.05, 0.1) is 5.69 Å². The molecule has 0 saturated heterocycles. The maximum Gasteiger partial charge on any atom is 0.160 e. The minimum Gasteiger partial charge on any atom is -0.299 e. The maximum absolute atomic E-state index is 12.6. The van der Waals surface area contributed by atoms with Crippen molar-refractivity contribution in [2.24, 2.45) is 11.8 Å². The Kier molecular flexibility index (Phi) is 4.08. The molecule has 2 aliphatic rings. The number of nitrogens with zero attached hydrogens (tertiary/aromatic N) is 3. The Bertz CT molecular complexity index is 1020. The zero-order valence-corrected chi connectivity index (χ0v) is 16.0. The van der Waals surface area contributed by atoms with Crippen molar-refractivity contribution in [3.05, 3.63) is 77.9 Å². The number of ketones is 1. The highest BCUT2D eigenvalue weighted by molar-refractivity contribution is 5.83. The van der Waals surface area contributed by atoms with E-state index < -0.39 is 0 Å². The quantitative estimate of drug-likeness (QED) is 0.672. The molecule has 0 radical (unpaired) electrons. The molecule has 0 N–H and O–H groups in total. The third-order valence-corrected chi connectivity index (χ3v) is 6.73. The number of hydrogen-bond donors (Lipinski definition) is 0. The van der Waals surface area contributed by atoms with Crippen molar-refractivity contribution < 1.29 is 4.79 Å². The lowest BCUT2D eigenvalue weighted by atomic mass is 9.53. The van der Waals surface area contributed by atoms with Crippen LogP contribution in [-0.4, -0.2) is 20.7 Å². The van der Waals surface area contributed by atoms with E-state index in [1.54, 1.807) is 6.20 Å². The number of Topliss-reactive ketones (excluding diaryl/α,β-unsaturated/α-hetero) is 1. The standard InChI is InChI=1S/C24H23N3O/c1-16-20-10-9-17-15-26-23(18-6-5-13-25-14-18)27-22(17)24(20,12-11-21(16)28)19-7-3-2-4-8-19/h2-8,13-16,20H,9-12H2,1H3/t16-,20-,24+/m0/s1. The molecule has 1 fully saturated rings. The predicted octanol–water partition coefficient (Wildman–Crippen LogP) is 4.39. The van der Waals surface area contributed by atoms with Crippen LogP contribution in [0.25, 0.3) is 11.4 Å². The Labute approximate surface area is 165 Å². The van der Waals surface area contributed by atoms with Crippen LogP contribution in [0.5, 0.6) is 0 Å². The summed E-state index contributed by atoms with van der Waals surface area (Å²) in [6, 6.07) is 14.6. The van der Waals surface area contributed by atoms with Crippen LogP contribution in [0.1, 0.15) is 43.0 Å². The number of aryl methyl sites for hydroxylation is 1. The topological polar surface area (TPSA) is 55.7 Å². The average Bonchev–Trinajstić information content (AvgIpc) is 2.77. The lowest BCUT2D eigenvalue weighted by Gasteiger charge is -2.50. The molecule has 5 rings (SSSR count). The fraction of sp³-hybridized carbons (Fsp3) is 0.333. The van der Waals surface area contributed by atoms with Crippen LogP contribution in [0.4, 0.5) is 0 Å². The number of pyridine rings is 1. The molecule has 3 atom stereocenters. The van der Waals surface area contributed by atoms with Crippen molar-refractivity contribution in [1.82, 2.24) is 15.0 Å². The predicted molar refractivity (Wildman–Crippen MR) is 108 cm³/mol. The Balaban J connectivity index is 1.74. The summed E-state index contributed by atoms with van der Waals surface area (Å²) in [5, 5.41) is 0. The third kappa shape index (κ3) is 2.51. The molecule has 0 bridgehead atoms. The highest BCUT2D eigenvalue weighted by Gasteiger charge is 2.53. The Morgan fingerprint density at radius 2 is 1.89 bits per heavy atom. The van der Waals surface area contributed by atoms with E-state index in [4.69, 9.17) is 4.98 Å². The van der Waals surface area contributed by atoms with E-state index in [-0.39, 0.29) is 17.3 Å². The van der Waals surface area contributed by atoms with E-state index in [0.29, 0.717) is 18.0 Å². The number of aromatic nitrogens is 3. The highest BCUT2D eigenvalue weighted by Crippen LogP contribution is 2.54. The van der Waals surface area contributed by atoms with Gasteiger partial charge in [-0.2, -0.15) is 0 Å². The molecule has 4 nitrogen and oxygen atoms in total. The number of fused-ring (bicyclic) bond motifs is 3. The van der Waals surface area contributed by atoms with Crippen LogP contribution in [0.15, 0.2) is 61.1 Å². The first-order chi connectivity index (χ1) is 13.7. The van der Waals surface area contributed by atoms with Gasteiger partial charge < -0.3 is 0 Å². The summed E-state index contributed by atoms with van der Waals surface area (Å²) in [5.41, 5.74) is 4.31. The van der Waals surface area contributed by atoms with Crippen molar-refractivity contribution in [1.29, 1.82) is 0 Å². The number of benzene rings is 1. The van der Waals surface area contributed by atoms with Gasteiger partial charge in [-0.05, 0) is 48.4 Å². The zero-order chi connectivity index (χ0) is 19.1. The van der Waals surface area contributed by atoms with Gasteiger partial charge in [-0.15, -0.1) is 0 Å². The van der Waals surface area contributed by atoms with Crippen molar-refractivity contribution in [3.8, 4) is 11.4 Å². The molecule has 0 spiro atoms. The second-order valence-corrected chi connectivity index (χ2v) is 8.05. The summed E-state index contributed by atoms with van der Waals surface area (Å²) in [5.74, 6) is 1.44. The van der Waals surface area contributed by atoms with Crippen molar-refractivity contribution in [3.63, 3.8) is 0 Å². The van der Waals surface area contributed by atoms with E-state index in [9.17, 15) is 4.79 Å². The number of carbonyl (C=O) groups is 1. The molecule has 0 amide bonds. The van der Waals surface area contributed by atoms with Gasteiger partial charge in [0.1, 0.15) is 5.78 Å². The molecule has 0 unspecified atom stereocenters. The van der Waals surface area contributed by atoms with Crippen molar-refractivity contribution in [2.45, 2.75) is 38.0 Å². The number of rotatable bonds is 2. The second-order valence-electron chi connectivity index (χ2n) is 8.05. The minimum atomic E-state index is -0.220. The summed E-state index contributed by atoms with van der Waals surface area (Å²) in [7, 11) is 0. The molecule has 0 aliphatic heterocycles. The monoisotopic (exact) mass is 369 g/mol. The van der Waals surface area contributed by atoms with Crippen LogP contribution in [-0.2, 0) is 16.6 Å². The largest absolute Gasteiger partial charge is 0.299 e. The highest BCUT2D eigenvalue weighted by atomic mass is 16.1. The van der Waals surface area contributed by atoms with E-state index >= 15 is 0 Å². The van der Waals surface area contributed by atoms with Gasteiger partial charge in [0, 0.05) is 41.9 Å². The summed E-state index contributed by atoms with van der Waals surface area (Å²) in [6.45, 7) is 2.11. The normalized spacial score (nSPS) is 26.4. The lowest BCUT2D eigenvalue weighted by Crippen LogP contribution is -2.50. The number of carbonyl (C=O) groups excluding carboxylic acids is 1. The molecule has 3 aromatic rings. The first kappa shape index (κ1) is 17.2. The minimum absolute atomic E-state index is 0.0545. The Morgan fingerprint density at radius 1 is 1.04 bits per heavy atom. The van der Waals surface area contributed by atoms with E-state index in [2.05, 4.69) is 47.2 Å². The first-order valence-corrected chi connectivity index (χ1v) is 10.0. The van der Waals surface area contributed by atoms with Gasteiger partial charge >= 0.3 is 0 Å². The van der Waals surface area contributed by atoms with Crippen LogP contribution in [0, 0.1) is 11.8 Å². The van der Waals surface area contributed by atoms with Crippen molar-refractivity contribution >= 4 is 5.78 Å². The van der Waals surface area contributed by atoms with E-state index in [1.807, 2.05) is 24.5 Å². The molecule has 2 aromatic heterocycles. The molecule has 28 heavy (non-hydrogen) atoms. The summed E-state index contributed by atoms with van der Waals surface area (Å²) in [6.07, 6.45) is 8.93. The van der Waals surface area contributed by atoms with Crippen LogP contribution >= 0.6 is 0 Å². The molecular formula is C24H23N3O. The Hall–Kier alpha value is -2.88. The number of hydrogen-bond acceptors (Lipinski definition) is 4. The fourth-order valence-electron chi connectivity index (χ4n) is 5.33. The summed E-state index contributed by atoms with van der Waals surface area (Å²) in [4.78, 5) is 26.6. The molecule has 4 heteroatoms. The van der Waals surface area contributed by atoms with Crippen LogP contribution in [0.3, 0.4) is 0 Å². The van der Waals surface area contributed by atoms with Gasteiger partial charge in [0.15, 0.2) is 5.82 Å². The summed E-state index contributed by atoms with van der Waals surface area (Å²) >= 11 is 0. The molecular weight excluding hydrogens is 346 g/mol. The zero-order valence-electron chi connectivity index (χ0n) is 16.0. The summed E-state index contributed by atoms with van der Waals surface area (Å²) < 4.78 is 0. The van der Waals surface area contributed by atoms with Gasteiger partial charge in [0.2, 0.25) is 0 Å². The lowest BCUT2D eigenvalue weighted by molar-refractivity contribution is -0.128. The van der Waals surface area contributed by atoms with E-state index in [0.717, 1.165) is 30.5 Å².